The normalized spacial score (nSPS) is 10.5. The van der Waals surface area contributed by atoms with Gasteiger partial charge in [0.05, 0.1) is 0 Å². The molecule has 0 spiro atoms. The van der Waals surface area contributed by atoms with Crippen molar-refractivity contribution in [2.75, 3.05) is 20.3 Å². The van der Waals surface area contributed by atoms with Gasteiger partial charge in [-0.3, -0.25) is 0 Å². The lowest BCUT2D eigenvalue weighted by atomic mass is 10.1. The zero-order chi connectivity index (χ0) is 10.9. The minimum absolute atomic E-state index is 0.867. The van der Waals surface area contributed by atoms with Crippen LogP contribution < -0.4 is 5.32 Å². The Bertz CT molecular complexity index is 273. The van der Waals surface area contributed by atoms with E-state index in [1.165, 1.54) is 17.5 Å². The van der Waals surface area contributed by atoms with Crippen molar-refractivity contribution in [3.63, 3.8) is 0 Å². The highest BCUT2D eigenvalue weighted by molar-refractivity contribution is 5.21. The number of rotatable bonds is 7. The summed E-state index contributed by atoms with van der Waals surface area (Å²) in [4.78, 5) is 0. The summed E-state index contributed by atoms with van der Waals surface area (Å²) in [5, 5.41) is 3.43. The third-order valence-electron chi connectivity index (χ3n) is 2.36. The molecule has 0 aliphatic rings. The zero-order valence-corrected chi connectivity index (χ0v) is 9.75. The molecule has 15 heavy (non-hydrogen) atoms. The minimum atomic E-state index is 0.867. The van der Waals surface area contributed by atoms with E-state index in [0.29, 0.717) is 0 Å². The predicted molar refractivity (Wildman–Crippen MR) is 64.0 cm³/mol. The van der Waals surface area contributed by atoms with Crippen molar-refractivity contribution >= 4 is 0 Å². The summed E-state index contributed by atoms with van der Waals surface area (Å²) in [5.41, 5.74) is 2.69. The van der Waals surface area contributed by atoms with E-state index in [1.54, 1.807) is 7.11 Å². The Morgan fingerprint density at radius 3 is 2.87 bits per heavy atom. The number of benzene rings is 1. The van der Waals surface area contributed by atoms with Crippen LogP contribution in [0.15, 0.2) is 24.3 Å². The van der Waals surface area contributed by atoms with E-state index in [1.807, 2.05) is 0 Å². The molecule has 2 heteroatoms. The van der Waals surface area contributed by atoms with Crippen LogP contribution >= 0.6 is 0 Å². The molecule has 0 fully saturated rings. The Hall–Kier alpha value is -0.860. The third-order valence-corrected chi connectivity index (χ3v) is 2.36. The van der Waals surface area contributed by atoms with Crippen LogP contribution in [0.5, 0.6) is 0 Å². The molecule has 0 aromatic heterocycles. The molecule has 0 bridgehead atoms. The van der Waals surface area contributed by atoms with Crippen molar-refractivity contribution < 1.29 is 4.74 Å². The molecular formula is C13H21NO. The van der Waals surface area contributed by atoms with Gasteiger partial charge < -0.3 is 10.1 Å². The van der Waals surface area contributed by atoms with Gasteiger partial charge in [0, 0.05) is 20.3 Å². The number of aryl methyl sites for hydroxylation is 1. The first-order valence-corrected chi connectivity index (χ1v) is 5.58. The maximum absolute atomic E-state index is 4.99. The van der Waals surface area contributed by atoms with E-state index in [4.69, 9.17) is 4.74 Å². The highest BCUT2D eigenvalue weighted by Crippen LogP contribution is 2.03. The second-order valence-electron chi connectivity index (χ2n) is 3.87. The van der Waals surface area contributed by atoms with Gasteiger partial charge in [0.1, 0.15) is 0 Å². The second kappa shape index (κ2) is 7.43. The summed E-state index contributed by atoms with van der Waals surface area (Å²) in [6, 6.07) is 8.62. The van der Waals surface area contributed by atoms with Crippen LogP contribution in [0.2, 0.25) is 0 Å². The van der Waals surface area contributed by atoms with Gasteiger partial charge in [-0.15, -0.1) is 0 Å². The van der Waals surface area contributed by atoms with E-state index < -0.39 is 0 Å². The van der Waals surface area contributed by atoms with Crippen molar-refractivity contribution in [1.82, 2.24) is 5.32 Å². The summed E-state index contributed by atoms with van der Waals surface area (Å²) >= 11 is 0. The Balaban J connectivity index is 2.10. The van der Waals surface area contributed by atoms with Gasteiger partial charge in [-0.25, -0.2) is 0 Å². The fourth-order valence-electron chi connectivity index (χ4n) is 1.55. The van der Waals surface area contributed by atoms with Crippen LogP contribution in [0.25, 0.3) is 0 Å². The average molecular weight is 207 g/mol. The molecule has 0 heterocycles. The van der Waals surface area contributed by atoms with Gasteiger partial charge in [-0.2, -0.15) is 0 Å². The largest absolute Gasteiger partial charge is 0.385 e. The maximum atomic E-state index is 4.99. The molecular weight excluding hydrogens is 186 g/mol. The maximum Gasteiger partial charge on any atom is 0.0462 e. The molecule has 1 aromatic carbocycles. The highest BCUT2D eigenvalue weighted by atomic mass is 16.5. The molecule has 0 radical (unpaired) electrons. The monoisotopic (exact) mass is 207 g/mol. The molecule has 0 amide bonds. The van der Waals surface area contributed by atoms with Crippen LogP contribution in [0.4, 0.5) is 0 Å². The summed E-state index contributed by atoms with van der Waals surface area (Å²) in [6.45, 7) is 5.03. The quantitative estimate of drug-likeness (QED) is 0.694. The molecule has 0 saturated heterocycles. The smallest absolute Gasteiger partial charge is 0.0462 e. The molecule has 1 rings (SSSR count). The van der Waals surface area contributed by atoms with E-state index >= 15 is 0 Å². The van der Waals surface area contributed by atoms with E-state index in [2.05, 4.69) is 36.5 Å². The minimum Gasteiger partial charge on any atom is -0.385 e. The summed E-state index contributed by atoms with van der Waals surface area (Å²) in [7, 11) is 1.75. The topological polar surface area (TPSA) is 21.3 Å². The number of methoxy groups -OCH3 is 1. The first kappa shape index (κ1) is 12.2. The third kappa shape index (κ3) is 5.55. The molecule has 0 atom stereocenters. The van der Waals surface area contributed by atoms with Crippen molar-refractivity contribution in [3.05, 3.63) is 35.4 Å². The lowest BCUT2D eigenvalue weighted by Gasteiger charge is -2.05. The molecule has 84 valence electrons. The second-order valence-corrected chi connectivity index (χ2v) is 3.87. The molecule has 0 aliphatic carbocycles. The zero-order valence-electron chi connectivity index (χ0n) is 9.75. The van der Waals surface area contributed by atoms with Gasteiger partial charge in [0.2, 0.25) is 0 Å². The highest BCUT2D eigenvalue weighted by Gasteiger charge is 1.92. The molecule has 0 unspecified atom stereocenters. The Kier molecular flexibility index (Phi) is 6.05. The molecule has 0 aliphatic heterocycles. The van der Waals surface area contributed by atoms with Crippen LogP contribution in [-0.4, -0.2) is 20.3 Å². The van der Waals surface area contributed by atoms with Gasteiger partial charge in [0.25, 0.3) is 0 Å². The van der Waals surface area contributed by atoms with Crippen molar-refractivity contribution in [1.29, 1.82) is 0 Å². The summed E-state index contributed by atoms with van der Waals surface area (Å²) < 4.78 is 4.99. The molecule has 2 nitrogen and oxygen atoms in total. The van der Waals surface area contributed by atoms with E-state index in [9.17, 15) is 0 Å². The predicted octanol–water partition coefficient (Wildman–Crippen LogP) is 2.51. The van der Waals surface area contributed by atoms with E-state index in [0.717, 1.165) is 26.1 Å². The number of hydrogen-bond acceptors (Lipinski definition) is 2. The SMILES string of the molecule is COCCCCNCc1cccc(C)c1. The first-order chi connectivity index (χ1) is 7.33. The van der Waals surface area contributed by atoms with Crippen LogP contribution in [0.1, 0.15) is 24.0 Å². The lowest BCUT2D eigenvalue weighted by molar-refractivity contribution is 0.192. The summed E-state index contributed by atoms with van der Waals surface area (Å²) in [5.74, 6) is 0. The van der Waals surface area contributed by atoms with E-state index in [-0.39, 0.29) is 0 Å². The Morgan fingerprint density at radius 1 is 1.27 bits per heavy atom. The Morgan fingerprint density at radius 2 is 2.13 bits per heavy atom. The number of hydrogen-bond donors (Lipinski definition) is 1. The van der Waals surface area contributed by atoms with Crippen molar-refractivity contribution in [2.45, 2.75) is 26.3 Å². The summed E-state index contributed by atoms with van der Waals surface area (Å²) in [6.07, 6.45) is 2.32. The van der Waals surface area contributed by atoms with Crippen molar-refractivity contribution in [3.8, 4) is 0 Å². The average Bonchev–Trinajstić information content (AvgIpc) is 2.23. The van der Waals surface area contributed by atoms with Crippen molar-refractivity contribution in [2.24, 2.45) is 0 Å². The fourth-order valence-corrected chi connectivity index (χ4v) is 1.55. The van der Waals surface area contributed by atoms with Crippen LogP contribution in [0, 0.1) is 6.92 Å². The van der Waals surface area contributed by atoms with Gasteiger partial charge in [-0.1, -0.05) is 29.8 Å². The van der Waals surface area contributed by atoms with Gasteiger partial charge >= 0.3 is 0 Å². The first-order valence-electron chi connectivity index (χ1n) is 5.58. The number of nitrogens with one attached hydrogen (secondary N) is 1. The molecule has 1 aromatic rings. The lowest BCUT2D eigenvalue weighted by Crippen LogP contribution is -2.15. The fraction of sp³-hybridized carbons (Fsp3) is 0.538. The Labute approximate surface area is 92.6 Å². The van der Waals surface area contributed by atoms with Crippen LogP contribution in [-0.2, 0) is 11.3 Å². The molecule has 0 saturated carbocycles. The van der Waals surface area contributed by atoms with Crippen LogP contribution in [0.3, 0.4) is 0 Å². The van der Waals surface area contributed by atoms with Gasteiger partial charge in [0.15, 0.2) is 0 Å². The number of unbranched alkanes of at least 4 members (excludes halogenated alkanes) is 1. The molecule has 1 N–H and O–H groups in total. The number of ether oxygens (including phenoxy) is 1. The van der Waals surface area contributed by atoms with Gasteiger partial charge in [-0.05, 0) is 31.9 Å². The standard InChI is InChI=1S/C13H21NO/c1-12-6-5-7-13(10-12)11-14-8-3-4-9-15-2/h5-7,10,14H,3-4,8-9,11H2,1-2H3.